The summed E-state index contributed by atoms with van der Waals surface area (Å²) in [7, 11) is 3.26. The molecule has 0 saturated carbocycles. The van der Waals surface area contributed by atoms with Gasteiger partial charge < -0.3 is 19.9 Å². The standard InChI is InChI=1S/C17H21NO3/c1-12-4-9-17(21-3)15(10-12)18-11-16(19)13-5-7-14(20-2)8-6-13/h4-10,16,18-19H,11H2,1-3H3. The van der Waals surface area contributed by atoms with Crippen LogP contribution >= 0.6 is 0 Å². The first-order valence-corrected chi connectivity index (χ1v) is 6.84. The van der Waals surface area contributed by atoms with Crippen LogP contribution in [0.5, 0.6) is 11.5 Å². The molecule has 0 aliphatic carbocycles. The summed E-state index contributed by atoms with van der Waals surface area (Å²) in [5.41, 5.74) is 2.86. The lowest BCUT2D eigenvalue weighted by Crippen LogP contribution is -2.12. The number of ether oxygens (including phenoxy) is 2. The smallest absolute Gasteiger partial charge is 0.141 e. The average molecular weight is 287 g/mol. The molecular weight excluding hydrogens is 266 g/mol. The quantitative estimate of drug-likeness (QED) is 0.857. The van der Waals surface area contributed by atoms with Crippen LogP contribution in [-0.4, -0.2) is 25.9 Å². The minimum absolute atomic E-state index is 0.409. The topological polar surface area (TPSA) is 50.7 Å². The predicted octanol–water partition coefficient (Wildman–Crippen LogP) is 3.16. The number of aliphatic hydroxyl groups excluding tert-OH is 1. The van der Waals surface area contributed by atoms with Gasteiger partial charge in [0.15, 0.2) is 0 Å². The van der Waals surface area contributed by atoms with Crippen LogP contribution in [0.2, 0.25) is 0 Å². The molecule has 0 amide bonds. The average Bonchev–Trinajstić information content (AvgIpc) is 2.52. The van der Waals surface area contributed by atoms with Gasteiger partial charge in [0.25, 0.3) is 0 Å². The molecule has 0 fully saturated rings. The van der Waals surface area contributed by atoms with E-state index in [4.69, 9.17) is 9.47 Å². The van der Waals surface area contributed by atoms with Crippen LogP contribution < -0.4 is 14.8 Å². The van der Waals surface area contributed by atoms with E-state index in [1.165, 1.54) is 0 Å². The summed E-state index contributed by atoms with van der Waals surface area (Å²) < 4.78 is 10.4. The molecule has 0 saturated heterocycles. The Bertz CT molecular complexity index is 581. The van der Waals surface area contributed by atoms with Crippen molar-refractivity contribution in [3.05, 3.63) is 53.6 Å². The molecule has 2 rings (SSSR count). The Kier molecular flexibility index (Phi) is 5.06. The number of anilines is 1. The van der Waals surface area contributed by atoms with E-state index in [-0.39, 0.29) is 0 Å². The number of nitrogens with one attached hydrogen (secondary N) is 1. The van der Waals surface area contributed by atoms with Crippen molar-refractivity contribution < 1.29 is 14.6 Å². The molecule has 4 nitrogen and oxygen atoms in total. The highest BCUT2D eigenvalue weighted by molar-refractivity contribution is 5.58. The molecule has 112 valence electrons. The second-order valence-electron chi connectivity index (χ2n) is 4.87. The second kappa shape index (κ2) is 6.99. The Morgan fingerprint density at radius 2 is 1.76 bits per heavy atom. The fourth-order valence-corrected chi connectivity index (χ4v) is 2.11. The van der Waals surface area contributed by atoms with Gasteiger partial charge in [0.2, 0.25) is 0 Å². The van der Waals surface area contributed by atoms with Crippen molar-refractivity contribution in [1.29, 1.82) is 0 Å². The van der Waals surface area contributed by atoms with Crippen LogP contribution in [-0.2, 0) is 0 Å². The fourth-order valence-electron chi connectivity index (χ4n) is 2.11. The van der Waals surface area contributed by atoms with Gasteiger partial charge in [0, 0.05) is 6.54 Å². The normalized spacial score (nSPS) is 11.8. The van der Waals surface area contributed by atoms with Crippen molar-refractivity contribution in [2.24, 2.45) is 0 Å². The summed E-state index contributed by atoms with van der Waals surface area (Å²) in [6, 6.07) is 13.3. The van der Waals surface area contributed by atoms with Gasteiger partial charge in [-0.2, -0.15) is 0 Å². The molecule has 1 atom stereocenters. The summed E-state index contributed by atoms with van der Waals surface area (Å²) in [4.78, 5) is 0. The van der Waals surface area contributed by atoms with Crippen LogP contribution in [0.25, 0.3) is 0 Å². The summed E-state index contributed by atoms with van der Waals surface area (Å²) in [6.45, 7) is 2.43. The first-order chi connectivity index (χ1) is 10.1. The summed E-state index contributed by atoms with van der Waals surface area (Å²) in [5.74, 6) is 1.54. The Balaban J connectivity index is 2.03. The molecule has 21 heavy (non-hydrogen) atoms. The van der Waals surface area contributed by atoms with Gasteiger partial charge in [-0.05, 0) is 42.3 Å². The maximum Gasteiger partial charge on any atom is 0.141 e. The lowest BCUT2D eigenvalue weighted by atomic mass is 10.1. The van der Waals surface area contributed by atoms with Crippen molar-refractivity contribution in [2.45, 2.75) is 13.0 Å². The van der Waals surface area contributed by atoms with E-state index in [0.717, 1.165) is 28.3 Å². The van der Waals surface area contributed by atoms with Crippen molar-refractivity contribution in [3.8, 4) is 11.5 Å². The van der Waals surface area contributed by atoms with Crippen molar-refractivity contribution in [1.82, 2.24) is 0 Å². The van der Waals surface area contributed by atoms with Crippen molar-refractivity contribution in [2.75, 3.05) is 26.1 Å². The van der Waals surface area contributed by atoms with E-state index >= 15 is 0 Å². The summed E-state index contributed by atoms with van der Waals surface area (Å²) in [5, 5.41) is 13.5. The number of benzene rings is 2. The highest BCUT2D eigenvalue weighted by Gasteiger charge is 2.09. The van der Waals surface area contributed by atoms with Crippen LogP contribution in [0.3, 0.4) is 0 Å². The molecule has 0 heterocycles. The molecule has 2 N–H and O–H groups in total. The van der Waals surface area contributed by atoms with E-state index in [9.17, 15) is 5.11 Å². The van der Waals surface area contributed by atoms with Crippen molar-refractivity contribution >= 4 is 5.69 Å². The fraction of sp³-hybridized carbons (Fsp3) is 0.294. The third kappa shape index (κ3) is 3.89. The van der Waals surface area contributed by atoms with E-state index in [0.29, 0.717) is 6.54 Å². The van der Waals surface area contributed by atoms with Gasteiger partial charge in [-0.3, -0.25) is 0 Å². The van der Waals surface area contributed by atoms with Gasteiger partial charge >= 0.3 is 0 Å². The highest BCUT2D eigenvalue weighted by Crippen LogP contribution is 2.26. The largest absolute Gasteiger partial charge is 0.497 e. The number of aryl methyl sites for hydroxylation is 1. The monoisotopic (exact) mass is 287 g/mol. The minimum Gasteiger partial charge on any atom is -0.497 e. The zero-order chi connectivity index (χ0) is 15.2. The maximum absolute atomic E-state index is 10.2. The van der Waals surface area contributed by atoms with Crippen LogP contribution in [0, 0.1) is 6.92 Å². The summed E-state index contributed by atoms with van der Waals surface area (Å²) in [6.07, 6.45) is -0.596. The minimum atomic E-state index is -0.596. The number of hydrogen-bond acceptors (Lipinski definition) is 4. The Labute approximate surface area is 125 Å². The molecule has 0 aliphatic heterocycles. The molecule has 0 spiro atoms. The molecule has 0 aromatic heterocycles. The summed E-state index contributed by atoms with van der Waals surface area (Å²) >= 11 is 0. The van der Waals surface area contributed by atoms with Crippen LogP contribution in [0.1, 0.15) is 17.2 Å². The molecule has 0 radical (unpaired) electrons. The first kappa shape index (κ1) is 15.2. The van der Waals surface area contributed by atoms with E-state index in [1.54, 1.807) is 14.2 Å². The third-order valence-corrected chi connectivity index (χ3v) is 3.34. The van der Waals surface area contributed by atoms with E-state index < -0.39 is 6.10 Å². The van der Waals surface area contributed by atoms with Gasteiger partial charge in [0.05, 0.1) is 26.0 Å². The molecular formula is C17H21NO3. The van der Waals surface area contributed by atoms with Gasteiger partial charge in [-0.1, -0.05) is 18.2 Å². The number of methoxy groups -OCH3 is 2. The van der Waals surface area contributed by atoms with E-state index in [2.05, 4.69) is 5.32 Å². The molecule has 2 aromatic carbocycles. The third-order valence-electron chi connectivity index (χ3n) is 3.34. The lowest BCUT2D eigenvalue weighted by molar-refractivity contribution is 0.191. The zero-order valence-corrected chi connectivity index (χ0v) is 12.6. The molecule has 1 unspecified atom stereocenters. The van der Waals surface area contributed by atoms with Gasteiger partial charge in [-0.25, -0.2) is 0 Å². The number of aliphatic hydroxyl groups is 1. The van der Waals surface area contributed by atoms with Gasteiger partial charge in [0.1, 0.15) is 11.5 Å². The maximum atomic E-state index is 10.2. The zero-order valence-electron chi connectivity index (χ0n) is 12.6. The Hall–Kier alpha value is -2.20. The highest BCUT2D eigenvalue weighted by atomic mass is 16.5. The number of rotatable bonds is 6. The first-order valence-electron chi connectivity index (χ1n) is 6.84. The van der Waals surface area contributed by atoms with Crippen LogP contribution in [0.4, 0.5) is 5.69 Å². The van der Waals surface area contributed by atoms with E-state index in [1.807, 2.05) is 49.4 Å². The molecule has 2 aromatic rings. The SMILES string of the molecule is COc1ccc(C(O)CNc2cc(C)ccc2OC)cc1. The lowest BCUT2D eigenvalue weighted by Gasteiger charge is -2.16. The van der Waals surface area contributed by atoms with Gasteiger partial charge in [-0.15, -0.1) is 0 Å². The molecule has 0 bridgehead atoms. The molecule has 4 heteroatoms. The predicted molar refractivity (Wildman–Crippen MR) is 84.2 cm³/mol. The second-order valence-corrected chi connectivity index (χ2v) is 4.87. The number of hydrogen-bond donors (Lipinski definition) is 2. The Morgan fingerprint density at radius 3 is 2.38 bits per heavy atom. The molecule has 0 aliphatic rings. The van der Waals surface area contributed by atoms with Crippen molar-refractivity contribution in [3.63, 3.8) is 0 Å². The van der Waals surface area contributed by atoms with Crippen LogP contribution in [0.15, 0.2) is 42.5 Å². The Morgan fingerprint density at radius 1 is 1.05 bits per heavy atom.